The molecule has 0 radical (unpaired) electrons. The molecule has 0 bridgehead atoms. The van der Waals surface area contributed by atoms with Crippen molar-refractivity contribution in [2.75, 3.05) is 20.3 Å². The van der Waals surface area contributed by atoms with Crippen LogP contribution in [0.5, 0.6) is 0 Å². The second kappa shape index (κ2) is 4.94. The van der Waals surface area contributed by atoms with Crippen molar-refractivity contribution in [3.8, 4) is 0 Å². The number of aliphatic hydroxyl groups excluding tert-OH is 1. The molecule has 1 aliphatic rings. The topological polar surface area (TPSA) is 55.5 Å². The van der Waals surface area contributed by atoms with E-state index in [4.69, 9.17) is 10.5 Å². The van der Waals surface area contributed by atoms with Crippen molar-refractivity contribution in [1.82, 2.24) is 0 Å². The monoisotopic (exact) mass is 187 g/mol. The highest BCUT2D eigenvalue weighted by Gasteiger charge is 2.32. The fourth-order valence-electron chi connectivity index (χ4n) is 2.09. The van der Waals surface area contributed by atoms with Crippen LogP contribution >= 0.6 is 0 Å². The molecule has 3 nitrogen and oxygen atoms in total. The summed E-state index contributed by atoms with van der Waals surface area (Å²) in [6, 6.07) is 0. The second-order valence-electron chi connectivity index (χ2n) is 4.18. The van der Waals surface area contributed by atoms with Gasteiger partial charge >= 0.3 is 0 Å². The molecule has 13 heavy (non-hydrogen) atoms. The first-order valence-corrected chi connectivity index (χ1v) is 5.09. The van der Waals surface area contributed by atoms with Gasteiger partial charge in [0.15, 0.2) is 0 Å². The van der Waals surface area contributed by atoms with Gasteiger partial charge in [-0.25, -0.2) is 0 Å². The van der Waals surface area contributed by atoms with Crippen LogP contribution < -0.4 is 5.73 Å². The van der Waals surface area contributed by atoms with E-state index in [9.17, 15) is 5.11 Å². The third kappa shape index (κ3) is 2.93. The molecule has 0 spiro atoms. The summed E-state index contributed by atoms with van der Waals surface area (Å²) in [4.78, 5) is 0. The minimum atomic E-state index is -0.0952. The standard InChI is InChI=1S/C10H21NO2/c1-13-7-6-10(8-11)4-2-9(12)3-5-10/h9,12H,2-8,11H2,1H3. The Hall–Kier alpha value is -0.120. The zero-order valence-corrected chi connectivity index (χ0v) is 8.46. The summed E-state index contributed by atoms with van der Waals surface area (Å²) in [5.41, 5.74) is 6.03. The van der Waals surface area contributed by atoms with E-state index in [-0.39, 0.29) is 11.5 Å². The molecule has 1 aliphatic carbocycles. The van der Waals surface area contributed by atoms with Crippen LogP contribution in [-0.4, -0.2) is 31.5 Å². The molecular weight excluding hydrogens is 166 g/mol. The van der Waals surface area contributed by atoms with E-state index < -0.39 is 0 Å². The number of nitrogens with two attached hydrogens (primary N) is 1. The highest BCUT2D eigenvalue weighted by molar-refractivity contribution is 4.86. The van der Waals surface area contributed by atoms with Crippen LogP contribution in [0.1, 0.15) is 32.1 Å². The van der Waals surface area contributed by atoms with Crippen molar-refractivity contribution < 1.29 is 9.84 Å². The summed E-state index contributed by atoms with van der Waals surface area (Å²) < 4.78 is 5.08. The summed E-state index contributed by atoms with van der Waals surface area (Å²) in [6.45, 7) is 1.51. The van der Waals surface area contributed by atoms with Crippen molar-refractivity contribution in [1.29, 1.82) is 0 Å². The molecule has 78 valence electrons. The van der Waals surface area contributed by atoms with Crippen molar-refractivity contribution >= 4 is 0 Å². The van der Waals surface area contributed by atoms with Gasteiger partial charge in [-0.3, -0.25) is 0 Å². The summed E-state index contributed by atoms with van der Waals surface area (Å²) >= 11 is 0. The number of hydrogen-bond donors (Lipinski definition) is 2. The Balaban J connectivity index is 2.40. The lowest BCUT2D eigenvalue weighted by atomic mass is 9.71. The van der Waals surface area contributed by atoms with Crippen LogP contribution in [0.3, 0.4) is 0 Å². The first-order chi connectivity index (χ1) is 6.22. The predicted molar refractivity (Wildman–Crippen MR) is 52.5 cm³/mol. The van der Waals surface area contributed by atoms with E-state index in [2.05, 4.69) is 0 Å². The summed E-state index contributed by atoms with van der Waals surface area (Å²) in [5, 5.41) is 9.39. The van der Waals surface area contributed by atoms with Crippen LogP contribution in [0.15, 0.2) is 0 Å². The third-order valence-electron chi connectivity index (χ3n) is 3.29. The van der Waals surface area contributed by atoms with Crippen LogP contribution in [0.4, 0.5) is 0 Å². The minimum absolute atomic E-state index is 0.0952. The molecule has 0 atom stereocenters. The first-order valence-electron chi connectivity index (χ1n) is 5.09. The molecule has 0 heterocycles. The maximum Gasteiger partial charge on any atom is 0.0540 e. The van der Waals surface area contributed by atoms with Gasteiger partial charge in [-0.1, -0.05) is 0 Å². The third-order valence-corrected chi connectivity index (χ3v) is 3.29. The minimum Gasteiger partial charge on any atom is -0.393 e. The normalized spacial score (nSPS) is 34.8. The number of aliphatic hydroxyl groups is 1. The molecule has 1 fully saturated rings. The van der Waals surface area contributed by atoms with Crippen LogP contribution in [-0.2, 0) is 4.74 Å². The van der Waals surface area contributed by atoms with Gasteiger partial charge in [0.05, 0.1) is 6.10 Å². The Kier molecular flexibility index (Phi) is 4.16. The van der Waals surface area contributed by atoms with Gasteiger partial charge in [-0.15, -0.1) is 0 Å². The number of rotatable bonds is 4. The van der Waals surface area contributed by atoms with E-state index >= 15 is 0 Å². The van der Waals surface area contributed by atoms with Crippen molar-refractivity contribution in [2.45, 2.75) is 38.2 Å². The van der Waals surface area contributed by atoms with Gasteiger partial charge in [-0.05, 0) is 44.1 Å². The lowest BCUT2D eigenvalue weighted by Gasteiger charge is -2.38. The van der Waals surface area contributed by atoms with Crippen LogP contribution in [0.25, 0.3) is 0 Å². The predicted octanol–water partition coefficient (Wildman–Crippen LogP) is 0.903. The van der Waals surface area contributed by atoms with E-state index in [1.165, 1.54) is 0 Å². The largest absolute Gasteiger partial charge is 0.393 e. The summed E-state index contributed by atoms with van der Waals surface area (Å²) in [7, 11) is 1.72. The summed E-state index contributed by atoms with van der Waals surface area (Å²) in [5.74, 6) is 0. The Labute approximate surface area is 80.3 Å². The smallest absolute Gasteiger partial charge is 0.0540 e. The molecule has 3 N–H and O–H groups in total. The van der Waals surface area contributed by atoms with Crippen LogP contribution in [0, 0.1) is 5.41 Å². The Morgan fingerprint density at radius 3 is 2.54 bits per heavy atom. The zero-order valence-electron chi connectivity index (χ0n) is 8.46. The van der Waals surface area contributed by atoms with Crippen molar-refractivity contribution in [2.24, 2.45) is 11.1 Å². The Morgan fingerprint density at radius 2 is 2.08 bits per heavy atom. The van der Waals surface area contributed by atoms with Crippen molar-refractivity contribution in [3.05, 3.63) is 0 Å². The molecule has 1 saturated carbocycles. The molecule has 0 aromatic rings. The van der Waals surface area contributed by atoms with E-state index in [0.29, 0.717) is 0 Å². The Bertz CT molecular complexity index is 136. The molecule has 0 aromatic carbocycles. The van der Waals surface area contributed by atoms with Gasteiger partial charge in [0.1, 0.15) is 0 Å². The molecule has 1 rings (SSSR count). The zero-order chi connectivity index (χ0) is 9.73. The van der Waals surface area contributed by atoms with Crippen molar-refractivity contribution in [3.63, 3.8) is 0 Å². The highest BCUT2D eigenvalue weighted by Crippen LogP contribution is 2.38. The molecule has 0 amide bonds. The van der Waals surface area contributed by atoms with E-state index in [1.807, 2.05) is 0 Å². The lowest BCUT2D eigenvalue weighted by molar-refractivity contribution is 0.0445. The number of hydrogen-bond acceptors (Lipinski definition) is 3. The number of ether oxygens (including phenoxy) is 1. The van der Waals surface area contributed by atoms with Gasteiger partial charge in [0.2, 0.25) is 0 Å². The average molecular weight is 187 g/mol. The molecule has 0 saturated heterocycles. The molecule has 0 unspecified atom stereocenters. The maximum atomic E-state index is 9.39. The molecule has 3 heteroatoms. The Morgan fingerprint density at radius 1 is 1.46 bits per heavy atom. The quantitative estimate of drug-likeness (QED) is 0.687. The first kappa shape index (κ1) is 11.0. The molecular formula is C10H21NO2. The average Bonchev–Trinajstić information content (AvgIpc) is 2.18. The van der Waals surface area contributed by atoms with Gasteiger partial charge in [0.25, 0.3) is 0 Å². The van der Waals surface area contributed by atoms with E-state index in [0.717, 1.165) is 45.3 Å². The highest BCUT2D eigenvalue weighted by atomic mass is 16.5. The van der Waals surface area contributed by atoms with Gasteiger partial charge < -0.3 is 15.6 Å². The summed E-state index contributed by atoms with van der Waals surface area (Å²) in [6.07, 6.45) is 4.85. The van der Waals surface area contributed by atoms with Crippen LogP contribution in [0.2, 0.25) is 0 Å². The van der Waals surface area contributed by atoms with Gasteiger partial charge in [-0.2, -0.15) is 0 Å². The van der Waals surface area contributed by atoms with Gasteiger partial charge in [0, 0.05) is 13.7 Å². The molecule has 0 aliphatic heterocycles. The fraction of sp³-hybridized carbons (Fsp3) is 1.00. The maximum absolute atomic E-state index is 9.39. The molecule has 0 aromatic heterocycles. The fourth-order valence-corrected chi connectivity index (χ4v) is 2.09. The van der Waals surface area contributed by atoms with E-state index in [1.54, 1.807) is 7.11 Å². The SMILES string of the molecule is COCCC1(CN)CCC(O)CC1. The lowest BCUT2D eigenvalue weighted by Crippen LogP contribution is -2.37. The number of methoxy groups -OCH3 is 1. The second-order valence-corrected chi connectivity index (χ2v) is 4.18.